The number of rotatable bonds is 5. The van der Waals surface area contributed by atoms with Crippen molar-refractivity contribution in [3.8, 4) is 0 Å². The fourth-order valence-electron chi connectivity index (χ4n) is 1.15. The van der Waals surface area contributed by atoms with Gasteiger partial charge in [0.05, 0.1) is 12.6 Å². The minimum absolute atomic E-state index is 0.0581. The van der Waals surface area contributed by atoms with Gasteiger partial charge in [-0.3, -0.25) is 10.0 Å². The molecule has 0 saturated heterocycles. The first-order valence-electron chi connectivity index (χ1n) is 4.55. The molecule has 0 fully saturated rings. The maximum absolute atomic E-state index is 10.8. The molecule has 1 atom stereocenters. The number of hydrazine groups is 2. The van der Waals surface area contributed by atoms with Crippen LogP contribution in [0.25, 0.3) is 0 Å². The molecule has 0 heterocycles. The van der Waals surface area contributed by atoms with E-state index in [2.05, 4.69) is 0 Å². The molecule has 0 aromatic rings. The summed E-state index contributed by atoms with van der Waals surface area (Å²) in [6.45, 7) is 1.97. The molecule has 0 unspecified atom stereocenters. The van der Waals surface area contributed by atoms with Gasteiger partial charge in [0, 0.05) is 0 Å². The largest absolute Gasteiger partial charge is 0.350 e. The van der Waals surface area contributed by atoms with Gasteiger partial charge in [0.15, 0.2) is 0 Å². The highest BCUT2D eigenvalue weighted by atomic mass is 16.2. The molecule has 0 radical (unpaired) electrons. The van der Waals surface area contributed by atoms with Gasteiger partial charge in [-0.05, 0) is 6.42 Å². The topological polar surface area (TPSA) is 145 Å². The molecule has 4 amide bonds. The summed E-state index contributed by atoms with van der Waals surface area (Å²) in [7, 11) is 0. The average Bonchev–Trinajstić information content (AvgIpc) is 2.15. The zero-order chi connectivity index (χ0) is 12.0. The van der Waals surface area contributed by atoms with Crippen molar-refractivity contribution in [2.24, 2.45) is 23.2 Å². The highest BCUT2D eigenvalue weighted by Gasteiger charge is 2.21. The van der Waals surface area contributed by atoms with E-state index in [1.807, 2.05) is 6.92 Å². The summed E-state index contributed by atoms with van der Waals surface area (Å²) in [4.78, 5) is 21.5. The van der Waals surface area contributed by atoms with Crippen molar-refractivity contribution in [3.05, 3.63) is 0 Å². The van der Waals surface area contributed by atoms with Crippen molar-refractivity contribution in [1.82, 2.24) is 10.0 Å². The molecule has 15 heavy (non-hydrogen) atoms. The van der Waals surface area contributed by atoms with Gasteiger partial charge in [-0.2, -0.15) is 0 Å². The number of carbonyl (C=O) groups excluding carboxylic acids is 2. The molecule has 0 bridgehead atoms. The van der Waals surface area contributed by atoms with Crippen molar-refractivity contribution >= 4 is 12.1 Å². The summed E-state index contributed by atoms with van der Waals surface area (Å²) < 4.78 is 0. The van der Waals surface area contributed by atoms with Crippen LogP contribution in [0, 0.1) is 0 Å². The second kappa shape index (κ2) is 6.04. The molecule has 88 valence electrons. The van der Waals surface area contributed by atoms with Gasteiger partial charge in [-0.15, -0.1) is 0 Å². The van der Waals surface area contributed by atoms with Crippen molar-refractivity contribution in [3.63, 3.8) is 0 Å². The van der Waals surface area contributed by atoms with E-state index < -0.39 is 18.1 Å². The number of hydrogen-bond acceptors (Lipinski definition) is 4. The minimum Gasteiger partial charge on any atom is -0.350 e. The Morgan fingerprint density at radius 1 is 1.20 bits per heavy atom. The summed E-state index contributed by atoms with van der Waals surface area (Å²) in [5, 5.41) is 1.65. The lowest BCUT2D eigenvalue weighted by molar-refractivity contribution is 0.150. The number of nitrogens with two attached hydrogens (primary N) is 4. The fraction of sp³-hybridized carbons (Fsp3) is 0.714. The molecule has 0 aliphatic heterocycles. The van der Waals surface area contributed by atoms with E-state index >= 15 is 0 Å². The molecule has 0 spiro atoms. The third-order valence-electron chi connectivity index (χ3n) is 1.96. The third kappa shape index (κ3) is 4.47. The number of amides is 4. The number of hydrogen-bond donors (Lipinski definition) is 4. The standard InChI is InChI=1S/C7H18N6O2/c1-2-3-5(13(11)7(9)15)4-12(10)6(8)14/h5H,2-4,10-11H2,1H3,(H2,8,14)(H2,9,15)/t5-/m0/s1. The van der Waals surface area contributed by atoms with E-state index in [1.54, 1.807) is 0 Å². The number of carbonyl (C=O) groups is 2. The van der Waals surface area contributed by atoms with Crippen LogP contribution in [0.1, 0.15) is 19.8 Å². The zero-order valence-electron chi connectivity index (χ0n) is 8.72. The van der Waals surface area contributed by atoms with Crippen LogP contribution in [0.4, 0.5) is 9.59 Å². The smallest absolute Gasteiger partial charge is 0.329 e. The average molecular weight is 218 g/mol. The second-order valence-electron chi connectivity index (χ2n) is 3.18. The molecular weight excluding hydrogens is 200 g/mol. The van der Waals surface area contributed by atoms with Gasteiger partial charge in [0.1, 0.15) is 0 Å². The highest BCUT2D eigenvalue weighted by Crippen LogP contribution is 2.04. The molecule has 0 rings (SSSR count). The first-order valence-corrected chi connectivity index (χ1v) is 4.55. The molecule has 8 nitrogen and oxygen atoms in total. The number of urea groups is 2. The van der Waals surface area contributed by atoms with Crippen LogP contribution in [0.2, 0.25) is 0 Å². The Bertz CT molecular complexity index is 234. The quantitative estimate of drug-likeness (QED) is 0.257. The van der Waals surface area contributed by atoms with Gasteiger partial charge in [0.25, 0.3) is 0 Å². The number of nitrogens with zero attached hydrogens (tertiary/aromatic N) is 2. The third-order valence-corrected chi connectivity index (χ3v) is 1.96. The van der Waals surface area contributed by atoms with E-state index in [0.29, 0.717) is 6.42 Å². The molecule has 0 aliphatic carbocycles. The maximum atomic E-state index is 10.8. The van der Waals surface area contributed by atoms with Gasteiger partial charge in [-0.25, -0.2) is 21.3 Å². The van der Waals surface area contributed by atoms with Gasteiger partial charge < -0.3 is 11.5 Å². The lowest BCUT2D eigenvalue weighted by atomic mass is 10.1. The zero-order valence-corrected chi connectivity index (χ0v) is 8.72. The molecular formula is C7H18N6O2. The van der Waals surface area contributed by atoms with Crippen LogP contribution >= 0.6 is 0 Å². The van der Waals surface area contributed by atoms with Gasteiger partial charge in [-0.1, -0.05) is 13.3 Å². The molecule has 0 aliphatic rings. The summed E-state index contributed by atoms with van der Waals surface area (Å²) >= 11 is 0. The van der Waals surface area contributed by atoms with Crippen LogP contribution in [0.15, 0.2) is 0 Å². The molecule has 0 aromatic heterocycles. The maximum Gasteiger partial charge on any atom is 0.329 e. The lowest BCUT2D eigenvalue weighted by Crippen LogP contribution is -2.55. The molecule has 8 heteroatoms. The minimum atomic E-state index is -0.783. The Balaban J connectivity index is 4.39. The van der Waals surface area contributed by atoms with E-state index in [-0.39, 0.29) is 6.54 Å². The summed E-state index contributed by atoms with van der Waals surface area (Å²) in [5.41, 5.74) is 9.95. The van der Waals surface area contributed by atoms with E-state index in [9.17, 15) is 9.59 Å². The van der Waals surface area contributed by atoms with Crippen LogP contribution in [-0.2, 0) is 0 Å². The van der Waals surface area contributed by atoms with Gasteiger partial charge in [0.2, 0.25) is 0 Å². The predicted molar refractivity (Wildman–Crippen MR) is 54.8 cm³/mol. The summed E-state index contributed by atoms with van der Waals surface area (Å²) in [5.74, 6) is 10.7. The van der Waals surface area contributed by atoms with Crippen molar-refractivity contribution in [2.75, 3.05) is 6.54 Å². The van der Waals surface area contributed by atoms with E-state index in [1.165, 1.54) is 0 Å². The summed E-state index contributed by atoms with van der Waals surface area (Å²) in [6.07, 6.45) is 1.36. The molecule has 0 aromatic carbocycles. The molecule has 8 N–H and O–H groups in total. The van der Waals surface area contributed by atoms with Crippen molar-refractivity contribution in [1.29, 1.82) is 0 Å². The Kier molecular flexibility index (Phi) is 5.42. The Morgan fingerprint density at radius 3 is 2.07 bits per heavy atom. The number of primary amides is 2. The Hall–Kier alpha value is -1.54. The highest BCUT2D eigenvalue weighted by molar-refractivity contribution is 5.72. The van der Waals surface area contributed by atoms with E-state index in [4.69, 9.17) is 23.2 Å². The van der Waals surface area contributed by atoms with Crippen molar-refractivity contribution in [2.45, 2.75) is 25.8 Å². The molecule has 0 saturated carbocycles. The fourth-order valence-corrected chi connectivity index (χ4v) is 1.15. The normalized spacial score (nSPS) is 11.9. The first-order chi connectivity index (χ1) is 6.90. The van der Waals surface area contributed by atoms with Crippen LogP contribution < -0.4 is 23.2 Å². The van der Waals surface area contributed by atoms with Crippen LogP contribution in [0.5, 0.6) is 0 Å². The van der Waals surface area contributed by atoms with Gasteiger partial charge >= 0.3 is 12.1 Å². The van der Waals surface area contributed by atoms with Crippen LogP contribution in [0.3, 0.4) is 0 Å². The van der Waals surface area contributed by atoms with Crippen LogP contribution in [-0.4, -0.2) is 34.7 Å². The SMILES string of the molecule is CCC[C@@H](CN(N)C(N)=O)N(N)C(N)=O. The lowest BCUT2D eigenvalue weighted by Gasteiger charge is -2.28. The Morgan fingerprint density at radius 2 is 1.73 bits per heavy atom. The Labute approximate surface area is 88.1 Å². The second-order valence-corrected chi connectivity index (χ2v) is 3.18. The van der Waals surface area contributed by atoms with Crippen molar-refractivity contribution < 1.29 is 9.59 Å². The van der Waals surface area contributed by atoms with E-state index in [0.717, 1.165) is 16.4 Å². The monoisotopic (exact) mass is 218 g/mol. The first kappa shape index (κ1) is 13.5. The predicted octanol–water partition coefficient (Wildman–Crippen LogP) is -1.34. The summed E-state index contributed by atoms with van der Waals surface area (Å²) in [6, 6.07) is -1.98.